The van der Waals surface area contributed by atoms with Crippen LogP contribution in [0.4, 0.5) is 11.4 Å². The second kappa shape index (κ2) is 4.22. The summed E-state index contributed by atoms with van der Waals surface area (Å²) in [5.41, 5.74) is 5.99. The van der Waals surface area contributed by atoms with Crippen LogP contribution in [-0.2, 0) is 0 Å². The predicted molar refractivity (Wildman–Crippen MR) is 77.7 cm³/mol. The zero-order chi connectivity index (χ0) is 12.5. The van der Waals surface area contributed by atoms with Gasteiger partial charge in [-0.05, 0) is 23.8 Å². The molecule has 18 heavy (non-hydrogen) atoms. The third kappa shape index (κ3) is 1.76. The molecule has 0 bridgehead atoms. The van der Waals surface area contributed by atoms with Crippen LogP contribution in [0, 0.1) is 0 Å². The minimum atomic E-state index is 1.15. The summed E-state index contributed by atoms with van der Waals surface area (Å²) in [7, 11) is 4.16. The molecule has 0 aliphatic carbocycles. The summed E-state index contributed by atoms with van der Waals surface area (Å²) < 4.78 is 0. The molecule has 0 saturated carbocycles. The lowest BCUT2D eigenvalue weighted by molar-refractivity contribution is 0.595. The van der Waals surface area contributed by atoms with Gasteiger partial charge in [0.1, 0.15) is 0 Å². The van der Waals surface area contributed by atoms with Gasteiger partial charge >= 0.3 is 0 Å². The van der Waals surface area contributed by atoms with Crippen LogP contribution in [0.3, 0.4) is 0 Å². The molecule has 0 fully saturated rings. The van der Waals surface area contributed by atoms with E-state index in [0.29, 0.717) is 0 Å². The molecule has 0 aromatic heterocycles. The van der Waals surface area contributed by atoms with Crippen LogP contribution in [0.5, 0.6) is 0 Å². The van der Waals surface area contributed by atoms with Crippen LogP contribution in [0.1, 0.15) is 11.1 Å². The first-order valence-electron chi connectivity index (χ1n) is 6.10. The van der Waals surface area contributed by atoms with Gasteiger partial charge in [0.15, 0.2) is 0 Å². The van der Waals surface area contributed by atoms with Gasteiger partial charge in [-0.25, -0.2) is 0 Å². The van der Waals surface area contributed by atoms with Crippen LogP contribution < -0.4 is 5.32 Å². The molecule has 1 N–H and O–H groups in total. The number of hydrogen-bond acceptors (Lipinski definition) is 2. The van der Waals surface area contributed by atoms with Crippen molar-refractivity contribution in [2.75, 3.05) is 19.4 Å². The molecule has 0 radical (unpaired) electrons. The summed E-state index contributed by atoms with van der Waals surface area (Å²) in [5, 5.41) is 3.51. The minimum Gasteiger partial charge on any atom is -0.377 e. The molecule has 1 aliphatic heterocycles. The first-order chi connectivity index (χ1) is 8.75. The Balaban J connectivity index is 2.26. The quantitative estimate of drug-likeness (QED) is 0.810. The van der Waals surface area contributed by atoms with Crippen molar-refractivity contribution in [2.45, 2.75) is 0 Å². The fourth-order valence-electron chi connectivity index (χ4n) is 2.29. The summed E-state index contributed by atoms with van der Waals surface area (Å²) in [4.78, 5) is 2.16. The maximum atomic E-state index is 3.51. The minimum absolute atomic E-state index is 1.15. The predicted octanol–water partition coefficient (Wildman–Crippen LogP) is 3.80. The second-order valence-electron chi connectivity index (χ2n) is 4.68. The number of rotatable bonds is 1. The van der Waals surface area contributed by atoms with Crippen molar-refractivity contribution in [2.24, 2.45) is 0 Å². The number of anilines is 2. The molecule has 0 amide bonds. The number of para-hydroxylation sites is 2. The first-order valence-corrected chi connectivity index (χ1v) is 6.10. The molecule has 2 aromatic carbocycles. The van der Waals surface area contributed by atoms with Gasteiger partial charge in [-0.15, -0.1) is 0 Å². The summed E-state index contributed by atoms with van der Waals surface area (Å²) in [6, 6.07) is 16.8. The molecule has 2 aromatic rings. The van der Waals surface area contributed by atoms with Crippen molar-refractivity contribution < 1.29 is 0 Å². The van der Waals surface area contributed by atoms with Crippen molar-refractivity contribution in [3.05, 3.63) is 59.7 Å². The van der Waals surface area contributed by atoms with Gasteiger partial charge in [0.2, 0.25) is 0 Å². The van der Waals surface area contributed by atoms with Crippen molar-refractivity contribution in [3.8, 4) is 0 Å². The van der Waals surface area contributed by atoms with Crippen LogP contribution in [0.15, 0.2) is 48.5 Å². The molecule has 90 valence electrons. The summed E-state index contributed by atoms with van der Waals surface area (Å²) in [5.74, 6) is 0. The zero-order valence-corrected chi connectivity index (χ0v) is 10.6. The highest BCUT2D eigenvalue weighted by Gasteiger charge is 2.14. The molecule has 0 saturated heterocycles. The highest BCUT2D eigenvalue weighted by atomic mass is 15.1. The third-order valence-electron chi connectivity index (χ3n) is 3.21. The lowest BCUT2D eigenvalue weighted by Gasteiger charge is -2.18. The van der Waals surface area contributed by atoms with Crippen LogP contribution >= 0.6 is 0 Å². The van der Waals surface area contributed by atoms with Gasteiger partial charge in [0.25, 0.3) is 0 Å². The van der Waals surface area contributed by atoms with Gasteiger partial charge < -0.3 is 10.2 Å². The van der Waals surface area contributed by atoms with E-state index in [0.717, 1.165) is 11.4 Å². The molecule has 1 aliphatic rings. The van der Waals surface area contributed by atoms with Crippen LogP contribution in [0.25, 0.3) is 11.8 Å². The molecule has 3 rings (SSSR count). The normalized spacial score (nSPS) is 12.7. The van der Waals surface area contributed by atoms with E-state index in [1.54, 1.807) is 0 Å². The Bertz CT molecular complexity index is 612. The molecule has 0 spiro atoms. The zero-order valence-electron chi connectivity index (χ0n) is 10.6. The van der Waals surface area contributed by atoms with Gasteiger partial charge in [0.05, 0.1) is 0 Å². The Kier molecular flexibility index (Phi) is 2.56. The topological polar surface area (TPSA) is 15.3 Å². The lowest BCUT2D eigenvalue weighted by Crippen LogP contribution is -2.10. The van der Waals surface area contributed by atoms with Gasteiger partial charge in [-0.2, -0.15) is 0 Å². The van der Waals surface area contributed by atoms with E-state index in [9.17, 15) is 0 Å². The average Bonchev–Trinajstić information content (AvgIpc) is 2.55. The molecule has 2 nitrogen and oxygen atoms in total. The van der Waals surface area contributed by atoms with Crippen molar-refractivity contribution in [3.63, 3.8) is 0 Å². The molecule has 0 atom stereocenters. The number of fused-ring (bicyclic) bond motifs is 2. The standard InChI is InChI=1S/C16H16N2/c1-18(2)16-11-12-7-3-5-9-14(12)17-15-10-6-4-8-13(15)16/h3-11,17H,1-2H3. The molecular formula is C16H16N2. The van der Waals surface area contributed by atoms with Crippen LogP contribution in [-0.4, -0.2) is 19.0 Å². The Labute approximate surface area is 108 Å². The Morgan fingerprint density at radius 1 is 0.833 bits per heavy atom. The van der Waals surface area contributed by atoms with Gasteiger partial charge in [-0.1, -0.05) is 36.4 Å². The van der Waals surface area contributed by atoms with E-state index >= 15 is 0 Å². The second-order valence-corrected chi connectivity index (χ2v) is 4.68. The Hall–Kier alpha value is -2.22. The smallest absolute Gasteiger partial charge is 0.0479 e. The summed E-state index contributed by atoms with van der Waals surface area (Å²) in [6.07, 6.45) is 2.23. The summed E-state index contributed by atoms with van der Waals surface area (Å²) >= 11 is 0. The fraction of sp³-hybridized carbons (Fsp3) is 0.125. The van der Waals surface area contributed by atoms with E-state index in [2.05, 4.69) is 78.9 Å². The van der Waals surface area contributed by atoms with E-state index in [-0.39, 0.29) is 0 Å². The SMILES string of the molecule is CN(C)C1=Cc2ccccc2Nc2ccccc21. The first kappa shape index (κ1) is 10.9. The van der Waals surface area contributed by atoms with E-state index < -0.39 is 0 Å². The Morgan fingerprint density at radius 2 is 1.50 bits per heavy atom. The fourth-order valence-corrected chi connectivity index (χ4v) is 2.29. The molecule has 2 heteroatoms. The van der Waals surface area contributed by atoms with E-state index in [4.69, 9.17) is 0 Å². The maximum Gasteiger partial charge on any atom is 0.0479 e. The number of hydrogen-bond donors (Lipinski definition) is 1. The maximum absolute atomic E-state index is 3.51. The van der Waals surface area contributed by atoms with Crippen molar-refractivity contribution in [1.29, 1.82) is 0 Å². The van der Waals surface area contributed by atoms with Gasteiger partial charge in [-0.3, -0.25) is 0 Å². The Morgan fingerprint density at radius 3 is 2.28 bits per heavy atom. The highest BCUT2D eigenvalue weighted by Crippen LogP contribution is 2.35. The lowest BCUT2D eigenvalue weighted by atomic mass is 10.1. The monoisotopic (exact) mass is 236 g/mol. The molecular weight excluding hydrogens is 220 g/mol. The third-order valence-corrected chi connectivity index (χ3v) is 3.21. The number of nitrogens with zero attached hydrogens (tertiary/aromatic N) is 1. The summed E-state index contributed by atoms with van der Waals surface area (Å²) in [6.45, 7) is 0. The number of benzene rings is 2. The van der Waals surface area contributed by atoms with E-state index in [1.807, 2.05) is 0 Å². The van der Waals surface area contributed by atoms with Crippen molar-refractivity contribution >= 4 is 23.1 Å². The number of nitrogens with one attached hydrogen (secondary N) is 1. The average molecular weight is 236 g/mol. The van der Waals surface area contributed by atoms with Gasteiger partial charge in [0, 0.05) is 36.7 Å². The largest absolute Gasteiger partial charge is 0.377 e. The molecule has 0 unspecified atom stereocenters. The van der Waals surface area contributed by atoms with Crippen molar-refractivity contribution in [1.82, 2.24) is 4.90 Å². The molecule has 1 heterocycles. The van der Waals surface area contributed by atoms with E-state index in [1.165, 1.54) is 16.8 Å². The highest BCUT2D eigenvalue weighted by molar-refractivity contribution is 5.93. The van der Waals surface area contributed by atoms with Crippen LogP contribution in [0.2, 0.25) is 0 Å².